The number of nitriles is 1. The van der Waals surface area contributed by atoms with Crippen molar-refractivity contribution >= 4 is 5.91 Å². The van der Waals surface area contributed by atoms with E-state index in [0.717, 1.165) is 19.3 Å². The molecule has 0 spiro atoms. The molecule has 1 aliphatic rings. The van der Waals surface area contributed by atoms with Crippen LogP contribution >= 0.6 is 0 Å². The van der Waals surface area contributed by atoms with Gasteiger partial charge in [-0.3, -0.25) is 4.79 Å². The zero-order chi connectivity index (χ0) is 16.9. The second kappa shape index (κ2) is 7.18. The van der Waals surface area contributed by atoms with Gasteiger partial charge in [-0.25, -0.2) is 0 Å². The molecule has 0 radical (unpaired) electrons. The summed E-state index contributed by atoms with van der Waals surface area (Å²) in [5.41, 5.74) is 3.09. The topological polar surface area (TPSA) is 62.1 Å². The van der Waals surface area contributed by atoms with Gasteiger partial charge < -0.3 is 10.1 Å². The molecule has 1 amide bonds. The Labute approximate surface area is 142 Å². The summed E-state index contributed by atoms with van der Waals surface area (Å²) in [4.78, 5) is 12.5. The number of ether oxygens (including phenoxy) is 1. The monoisotopic (exact) mass is 320 g/mol. The first-order chi connectivity index (χ1) is 11.7. The van der Waals surface area contributed by atoms with Gasteiger partial charge in [-0.15, -0.1) is 0 Å². The average Bonchev–Trinajstić information content (AvgIpc) is 2.62. The van der Waals surface area contributed by atoms with Gasteiger partial charge in [0.1, 0.15) is 5.75 Å². The predicted octanol–water partition coefficient (Wildman–Crippen LogP) is 3.52. The van der Waals surface area contributed by atoms with E-state index in [9.17, 15) is 4.79 Å². The summed E-state index contributed by atoms with van der Waals surface area (Å²) >= 11 is 0. The van der Waals surface area contributed by atoms with E-state index >= 15 is 0 Å². The number of hydrogen-bond acceptors (Lipinski definition) is 3. The lowest BCUT2D eigenvalue weighted by Crippen LogP contribution is -2.39. The van der Waals surface area contributed by atoms with Crippen molar-refractivity contribution in [3.63, 3.8) is 0 Å². The van der Waals surface area contributed by atoms with Gasteiger partial charge in [0.25, 0.3) is 5.91 Å². The Hall–Kier alpha value is -2.80. The van der Waals surface area contributed by atoms with Crippen LogP contribution in [-0.2, 0) is 11.2 Å². The Morgan fingerprint density at radius 3 is 2.75 bits per heavy atom. The molecule has 0 fully saturated rings. The highest BCUT2D eigenvalue weighted by atomic mass is 16.5. The Kier molecular flexibility index (Phi) is 4.81. The van der Waals surface area contributed by atoms with Crippen LogP contribution in [0.1, 0.15) is 42.5 Å². The molecular formula is C20H20N2O2. The van der Waals surface area contributed by atoms with Crippen LogP contribution in [0.25, 0.3) is 0 Å². The molecule has 4 heteroatoms. The van der Waals surface area contributed by atoms with Crippen LogP contribution in [0.2, 0.25) is 0 Å². The maximum atomic E-state index is 12.5. The number of fused-ring (bicyclic) bond motifs is 1. The fourth-order valence-electron chi connectivity index (χ4n) is 3.06. The van der Waals surface area contributed by atoms with E-state index in [0.29, 0.717) is 11.3 Å². The quantitative estimate of drug-likeness (QED) is 0.937. The van der Waals surface area contributed by atoms with Crippen LogP contribution in [0.15, 0.2) is 48.5 Å². The summed E-state index contributed by atoms with van der Waals surface area (Å²) in [6.45, 7) is 1.74. The molecule has 3 rings (SSSR count). The molecule has 1 N–H and O–H groups in total. The third-order valence-electron chi connectivity index (χ3n) is 4.35. The lowest BCUT2D eigenvalue weighted by Gasteiger charge is -2.27. The van der Waals surface area contributed by atoms with E-state index < -0.39 is 6.10 Å². The number of carbonyl (C=O) groups is 1. The Balaban J connectivity index is 1.63. The third-order valence-corrected chi connectivity index (χ3v) is 4.35. The number of nitrogens with zero attached hydrogens (tertiary/aromatic N) is 1. The van der Waals surface area contributed by atoms with Crippen molar-refractivity contribution in [3.05, 3.63) is 65.2 Å². The molecular weight excluding hydrogens is 300 g/mol. The van der Waals surface area contributed by atoms with Gasteiger partial charge in [0.05, 0.1) is 17.7 Å². The maximum Gasteiger partial charge on any atom is 0.261 e. The van der Waals surface area contributed by atoms with Crippen molar-refractivity contribution in [2.24, 2.45) is 0 Å². The fraction of sp³-hybridized carbons (Fsp3) is 0.300. The summed E-state index contributed by atoms with van der Waals surface area (Å²) in [6, 6.07) is 17.2. The van der Waals surface area contributed by atoms with Gasteiger partial charge in [0, 0.05) is 0 Å². The molecule has 0 unspecified atom stereocenters. The fourth-order valence-corrected chi connectivity index (χ4v) is 3.06. The number of nitrogens with one attached hydrogen (secondary N) is 1. The highest BCUT2D eigenvalue weighted by Gasteiger charge is 2.24. The lowest BCUT2D eigenvalue weighted by molar-refractivity contribution is -0.128. The molecule has 24 heavy (non-hydrogen) atoms. The summed E-state index contributed by atoms with van der Waals surface area (Å²) in [6.07, 6.45) is 2.51. The number of amides is 1. The minimum Gasteiger partial charge on any atom is -0.481 e. The first-order valence-corrected chi connectivity index (χ1v) is 8.22. The summed E-state index contributed by atoms with van der Waals surface area (Å²) in [5.74, 6) is 0.460. The molecule has 4 nitrogen and oxygen atoms in total. The first kappa shape index (κ1) is 16.1. The number of carbonyl (C=O) groups excluding carboxylic acids is 1. The summed E-state index contributed by atoms with van der Waals surface area (Å²) in [5, 5.41) is 11.9. The smallest absolute Gasteiger partial charge is 0.261 e. The molecule has 0 aromatic heterocycles. The van der Waals surface area contributed by atoms with Crippen LogP contribution < -0.4 is 10.1 Å². The molecule has 2 aromatic rings. The highest BCUT2D eigenvalue weighted by molar-refractivity contribution is 5.81. The Bertz CT molecular complexity index is 762. The van der Waals surface area contributed by atoms with Crippen molar-refractivity contribution in [2.75, 3.05) is 0 Å². The van der Waals surface area contributed by atoms with Crippen LogP contribution in [0.5, 0.6) is 5.75 Å². The number of aryl methyl sites for hydroxylation is 1. The van der Waals surface area contributed by atoms with Crippen molar-refractivity contribution in [3.8, 4) is 11.8 Å². The Morgan fingerprint density at radius 2 is 2.00 bits per heavy atom. The SMILES string of the molecule is C[C@H](Oc1ccc(C#N)cc1)C(=O)N[C@H]1CCCc2ccccc21. The Morgan fingerprint density at radius 1 is 1.25 bits per heavy atom. The molecule has 2 aromatic carbocycles. The third kappa shape index (κ3) is 3.57. The second-order valence-corrected chi connectivity index (χ2v) is 6.05. The van der Waals surface area contributed by atoms with E-state index in [1.54, 1.807) is 31.2 Å². The average molecular weight is 320 g/mol. The molecule has 0 heterocycles. The molecule has 122 valence electrons. The minimum atomic E-state index is -0.591. The van der Waals surface area contributed by atoms with Gasteiger partial charge in [-0.2, -0.15) is 5.26 Å². The van der Waals surface area contributed by atoms with Crippen molar-refractivity contribution in [2.45, 2.75) is 38.3 Å². The van der Waals surface area contributed by atoms with Crippen LogP contribution in [0.4, 0.5) is 0 Å². The van der Waals surface area contributed by atoms with Crippen molar-refractivity contribution in [1.82, 2.24) is 5.32 Å². The van der Waals surface area contributed by atoms with Crippen LogP contribution in [-0.4, -0.2) is 12.0 Å². The molecule has 0 saturated heterocycles. The van der Waals surface area contributed by atoms with E-state index in [2.05, 4.69) is 23.5 Å². The normalized spacial score (nSPS) is 17.2. The zero-order valence-electron chi connectivity index (χ0n) is 13.7. The molecule has 2 atom stereocenters. The largest absolute Gasteiger partial charge is 0.481 e. The van der Waals surface area contributed by atoms with E-state index in [-0.39, 0.29) is 11.9 Å². The van der Waals surface area contributed by atoms with Crippen molar-refractivity contribution < 1.29 is 9.53 Å². The molecule has 0 saturated carbocycles. The predicted molar refractivity (Wildman–Crippen MR) is 91.5 cm³/mol. The van der Waals surface area contributed by atoms with E-state index in [1.807, 2.05) is 12.1 Å². The van der Waals surface area contributed by atoms with Gasteiger partial charge in [0.15, 0.2) is 6.10 Å². The van der Waals surface area contributed by atoms with Gasteiger partial charge in [-0.1, -0.05) is 24.3 Å². The highest BCUT2D eigenvalue weighted by Crippen LogP contribution is 2.29. The standard InChI is InChI=1S/C20H20N2O2/c1-14(24-17-11-9-15(13-21)10-12-17)20(23)22-19-8-4-6-16-5-2-3-7-18(16)19/h2-3,5,7,9-12,14,19H,4,6,8H2,1H3,(H,22,23)/t14-,19-/m0/s1. The van der Waals surface area contributed by atoms with Crippen LogP contribution in [0, 0.1) is 11.3 Å². The van der Waals surface area contributed by atoms with E-state index in [4.69, 9.17) is 10.00 Å². The molecule has 0 aliphatic heterocycles. The number of rotatable bonds is 4. The van der Waals surface area contributed by atoms with Crippen LogP contribution in [0.3, 0.4) is 0 Å². The summed E-state index contributed by atoms with van der Waals surface area (Å²) in [7, 11) is 0. The number of hydrogen-bond donors (Lipinski definition) is 1. The lowest BCUT2D eigenvalue weighted by atomic mass is 9.87. The molecule has 0 bridgehead atoms. The molecule has 1 aliphatic carbocycles. The minimum absolute atomic E-state index is 0.0504. The van der Waals surface area contributed by atoms with Gasteiger partial charge in [-0.05, 0) is 61.6 Å². The van der Waals surface area contributed by atoms with E-state index in [1.165, 1.54) is 11.1 Å². The second-order valence-electron chi connectivity index (χ2n) is 6.05. The maximum absolute atomic E-state index is 12.5. The summed E-state index contributed by atoms with van der Waals surface area (Å²) < 4.78 is 5.68. The van der Waals surface area contributed by atoms with Gasteiger partial charge in [0.2, 0.25) is 0 Å². The first-order valence-electron chi connectivity index (χ1n) is 8.22. The van der Waals surface area contributed by atoms with Gasteiger partial charge >= 0.3 is 0 Å². The number of benzene rings is 2. The zero-order valence-corrected chi connectivity index (χ0v) is 13.7. The van der Waals surface area contributed by atoms with Crippen molar-refractivity contribution in [1.29, 1.82) is 5.26 Å².